The van der Waals surface area contributed by atoms with Gasteiger partial charge in [-0.25, -0.2) is 4.98 Å². The van der Waals surface area contributed by atoms with Crippen LogP contribution in [0, 0.1) is 57.2 Å². The summed E-state index contributed by atoms with van der Waals surface area (Å²) in [5.74, 6) is 1.81. The number of carbonyl (C=O) groups excluding carboxylic acids is 1. The van der Waals surface area contributed by atoms with E-state index in [0.717, 1.165) is 68.4 Å². The molecule has 1 aromatic rings. The predicted molar refractivity (Wildman–Crippen MR) is 226 cm³/mol. The molecule has 9 rings (SSSR count). The summed E-state index contributed by atoms with van der Waals surface area (Å²) in [7, 11) is 3.83. The third-order valence-corrected chi connectivity index (χ3v) is 21.0. The molecule has 7 fully saturated rings. The van der Waals surface area contributed by atoms with Crippen LogP contribution in [-0.2, 0) is 4.79 Å². The summed E-state index contributed by atoms with van der Waals surface area (Å²) in [4.78, 5) is 18.8. The summed E-state index contributed by atoms with van der Waals surface area (Å²) in [5, 5.41) is 48.9. The largest absolute Gasteiger partial charge is 0.392 e. The second kappa shape index (κ2) is 14.8. The SMILES string of the molecule is CC1(C)CC(n2ccnc2)CSSCC2CC3C(CCCCC4CC5C(=CC(=O)C6CC(O)C(O)CC65C)C2(O)C43C)C(O)CC1=C1CCCC2(CCCC2)C1. The number of hydrogen-bond donors (Lipinski definition) is 4. The quantitative estimate of drug-likeness (QED) is 0.164. The molecular formula is C47H70N2O5S2. The first-order chi connectivity index (χ1) is 26.7. The van der Waals surface area contributed by atoms with Crippen LogP contribution < -0.4 is 0 Å². The van der Waals surface area contributed by atoms with Crippen molar-refractivity contribution in [3.05, 3.63) is 41.5 Å². The third kappa shape index (κ3) is 6.34. The maximum absolute atomic E-state index is 14.3. The number of fused-ring (bicyclic) bond motifs is 6. The fourth-order valence-corrected chi connectivity index (χ4v) is 18.3. The first-order valence-corrected chi connectivity index (χ1v) is 25.1. The summed E-state index contributed by atoms with van der Waals surface area (Å²) in [6.07, 6.45) is 24.3. The summed E-state index contributed by atoms with van der Waals surface area (Å²) in [6, 6.07) is 0.249. The van der Waals surface area contributed by atoms with Crippen molar-refractivity contribution in [2.45, 2.75) is 173 Å². The van der Waals surface area contributed by atoms with Gasteiger partial charge in [0.15, 0.2) is 5.78 Å². The van der Waals surface area contributed by atoms with E-state index < -0.39 is 34.7 Å². The molecule has 2 bridgehead atoms. The van der Waals surface area contributed by atoms with Crippen molar-refractivity contribution >= 4 is 27.4 Å². The second-order valence-corrected chi connectivity index (χ2v) is 24.1. The molecule has 0 aromatic carbocycles. The number of allylic oxidation sites excluding steroid dienone is 2. The lowest BCUT2D eigenvalue weighted by molar-refractivity contribution is -0.177. The Kier molecular flexibility index (Phi) is 10.7. The van der Waals surface area contributed by atoms with Gasteiger partial charge in [0.25, 0.3) is 0 Å². The summed E-state index contributed by atoms with van der Waals surface area (Å²) >= 11 is 0. The van der Waals surface area contributed by atoms with E-state index >= 15 is 0 Å². The van der Waals surface area contributed by atoms with Crippen LogP contribution in [0.15, 0.2) is 41.5 Å². The first-order valence-electron chi connectivity index (χ1n) is 22.7. The lowest BCUT2D eigenvalue weighted by Crippen LogP contribution is -2.65. The molecule has 7 nitrogen and oxygen atoms in total. The Bertz CT molecular complexity index is 1700. The average molecular weight is 807 g/mol. The van der Waals surface area contributed by atoms with Crippen LogP contribution in [0.25, 0.3) is 0 Å². The van der Waals surface area contributed by atoms with E-state index in [1.54, 1.807) is 5.57 Å². The van der Waals surface area contributed by atoms with Gasteiger partial charge in [0.1, 0.15) is 0 Å². The second-order valence-electron chi connectivity index (χ2n) is 21.6. The minimum Gasteiger partial charge on any atom is -0.392 e. The van der Waals surface area contributed by atoms with Crippen LogP contribution in [0.2, 0.25) is 0 Å². The van der Waals surface area contributed by atoms with Crippen LogP contribution in [0.4, 0.5) is 0 Å². The number of carbonyl (C=O) groups is 1. The molecule has 13 unspecified atom stereocenters. The third-order valence-electron chi connectivity index (χ3n) is 18.5. The van der Waals surface area contributed by atoms with Gasteiger partial charge >= 0.3 is 0 Å². The highest BCUT2D eigenvalue weighted by Gasteiger charge is 2.73. The van der Waals surface area contributed by atoms with Crippen LogP contribution in [0.1, 0.15) is 149 Å². The molecule has 1 aliphatic heterocycles. The van der Waals surface area contributed by atoms with Crippen molar-refractivity contribution in [2.75, 3.05) is 11.5 Å². The molecule has 1 spiro atoms. The van der Waals surface area contributed by atoms with Crippen LogP contribution in [0.5, 0.6) is 0 Å². The van der Waals surface area contributed by atoms with Crippen molar-refractivity contribution in [2.24, 2.45) is 57.2 Å². The highest BCUT2D eigenvalue weighted by molar-refractivity contribution is 8.76. The number of nitrogens with zero attached hydrogens (tertiary/aromatic N) is 2. The highest BCUT2D eigenvalue weighted by Crippen LogP contribution is 2.73. The molecule has 6 saturated carbocycles. The van der Waals surface area contributed by atoms with E-state index in [0.29, 0.717) is 18.3 Å². The molecule has 310 valence electrons. The molecule has 2 heterocycles. The normalized spacial score (nSPS) is 47.9. The molecule has 7 aliphatic carbocycles. The van der Waals surface area contributed by atoms with Gasteiger partial charge in [-0.05, 0) is 141 Å². The van der Waals surface area contributed by atoms with E-state index in [4.69, 9.17) is 0 Å². The Hall–Kier alpha value is -1.10. The fourth-order valence-electron chi connectivity index (χ4n) is 15.6. The van der Waals surface area contributed by atoms with Gasteiger partial charge < -0.3 is 25.0 Å². The van der Waals surface area contributed by atoms with Crippen molar-refractivity contribution in [3.8, 4) is 0 Å². The molecular weight excluding hydrogens is 737 g/mol. The molecule has 13 atom stereocenters. The zero-order valence-electron chi connectivity index (χ0n) is 34.6. The monoisotopic (exact) mass is 806 g/mol. The highest BCUT2D eigenvalue weighted by atomic mass is 33.1. The number of aliphatic hydroxyl groups excluding tert-OH is 3. The zero-order valence-corrected chi connectivity index (χ0v) is 36.3. The zero-order chi connectivity index (χ0) is 39.3. The van der Waals surface area contributed by atoms with Crippen molar-refractivity contribution in [1.29, 1.82) is 0 Å². The molecule has 8 aliphatic rings. The summed E-state index contributed by atoms with van der Waals surface area (Å²) in [6.45, 7) is 9.49. The van der Waals surface area contributed by atoms with Gasteiger partial charge in [-0.1, -0.05) is 86.1 Å². The molecule has 1 saturated heterocycles. The van der Waals surface area contributed by atoms with Gasteiger partial charge in [0.05, 0.1) is 30.2 Å². The van der Waals surface area contributed by atoms with E-state index in [2.05, 4.69) is 43.4 Å². The Labute approximate surface area is 344 Å². The molecule has 56 heavy (non-hydrogen) atoms. The summed E-state index contributed by atoms with van der Waals surface area (Å²) in [5.41, 5.74) is 2.26. The van der Waals surface area contributed by atoms with Gasteiger partial charge in [-0.2, -0.15) is 0 Å². The predicted octanol–water partition coefficient (Wildman–Crippen LogP) is 9.26. The van der Waals surface area contributed by atoms with Gasteiger partial charge in [-0.3, -0.25) is 4.79 Å². The lowest BCUT2D eigenvalue weighted by atomic mass is 9.42. The smallest absolute Gasteiger partial charge is 0.159 e. The Morgan fingerprint density at radius 3 is 2.34 bits per heavy atom. The number of ketones is 1. The molecule has 0 amide bonds. The van der Waals surface area contributed by atoms with Crippen LogP contribution >= 0.6 is 21.6 Å². The number of rotatable bonds is 1. The van der Waals surface area contributed by atoms with Crippen LogP contribution in [-0.4, -0.2) is 71.2 Å². The maximum Gasteiger partial charge on any atom is 0.159 e. The maximum atomic E-state index is 14.3. The Balaban J connectivity index is 1.15. The van der Waals surface area contributed by atoms with Crippen molar-refractivity contribution < 1.29 is 25.2 Å². The minimum absolute atomic E-state index is 0.0174. The topological polar surface area (TPSA) is 116 Å². The number of aromatic nitrogens is 2. The number of imidazole rings is 1. The lowest BCUT2D eigenvalue weighted by Gasteiger charge is -2.64. The van der Waals surface area contributed by atoms with E-state index in [1.165, 1.54) is 50.5 Å². The molecule has 4 N–H and O–H groups in total. The van der Waals surface area contributed by atoms with Crippen LogP contribution in [0.3, 0.4) is 0 Å². The van der Waals surface area contributed by atoms with E-state index in [-0.39, 0.29) is 59.2 Å². The molecule has 1 aromatic heterocycles. The fraction of sp³-hybridized carbons (Fsp3) is 0.830. The van der Waals surface area contributed by atoms with Gasteiger partial charge in [-0.15, -0.1) is 0 Å². The molecule has 0 radical (unpaired) electrons. The Morgan fingerprint density at radius 2 is 1.57 bits per heavy atom. The van der Waals surface area contributed by atoms with E-state index in [9.17, 15) is 25.2 Å². The minimum atomic E-state index is -1.18. The number of aliphatic hydroxyl groups is 4. The summed E-state index contributed by atoms with van der Waals surface area (Å²) < 4.78 is 2.31. The number of hydrogen-bond acceptors (Lipinski definition) is 8. The van der Waals surface area contributed by atoms with Crippen molar-refractivity contribution in [1.82, 2.24) is 9.55 Å². The standard InChI is InChI=1S/C47H70N2O5S2/c1-43(2)24-32(49-17-16-48-28-49)27-56-55-26-31-19-35-33(39(50)20-34(43)29-10-9-15-46(23-29)13-7-8-14-46)12-6-5-11-30-18-36-37(47(31,54)45(30,35)4)21-40(51)38-22-41(52)42(53)25-44(36,38)3/h16-17,21,28,30-33,35-36,38-39,41-42,50,52-54H,5-15,18-20,22-27H2,1-4H3. The first kappa shape index (κ1) is 40.3. The van der Waals surface area contributed by atoms with E-state index in [1.807, 2.05) is 40.2 Å². The average Bonchev–Trinajstić information content (AvgIpc) is 3.90. The van der Waals surface area contributed by atoms with Gasteiger partial charge in [0, 0.05) is 47.2 Å². The van der Waals surface area contributed by atoms with Gasteiger partial charge in [0.2, 0.25) is 0 Å². The Morgan fingerprint density at radius 1 is 0.821 bits per heavy atom. The molecule has 9 heteroatoms. The van der Waals surface area contributed by atoms with Crippen molar-refractivity contribution in [3.63, 3.8) is 0 Å².